The van der Waals surface area contributed by atoms with Crippen LogP contribution in [0.4, 0.5) is 0 Å². The van der Waals surface area contributed by atoms with Crippen LogP contribution in [0.5, 0.6) is 0 Å². The molecule has 0 radical (unpaired) electrons. The molecule has 1 rings (SSSR count). The van der Waals surface area contributed by atoms with E-state index < -0.39 is 0 Å². The van der Waals surface area contributed by atoms with Gasteiger partial charge < -0.3 is 5.32 Å². The molecule has 4 heteroatoms. The molecular weight excluding hydrogens is 258 g/mol. The molecule has 1 amide bonds. The van der Waals surface area contributed by atoms with Crippen LogP contribution in [-0.2, 0) is 4.79 Å². The number of carbonyl (C=O) groups excluding carboxylic acids is 2. The van der Waals surface area contributed by atoms with Gasteiger partial charge in [-0.15, -0.1) is 0 Å². The number of rotatable bonds is 3. The minimum atomic E-state index is -0.197. The highest BCUT2D eigenvalue weighted by Crippen LogP contribution is 2.10. The highest BCUT2D eigenvalue weighted by atomic mass is 79.9. The summed E-state index contributed by atoms with van der Waals surface area (Å²) in [6.45, 7) is 1.85. The summed E-state index contributed by atoms with van der Waals surface area (Å²) in [5.41, 5.74) is 1.04. The van der Waals surface area contributed by atoms with Crippen LogP contribution in [0.25, 0.3) is 0 Å². The van der Waals surface area contributed by atoms with Crippen LogP contribution in [0.1, 0.15) is 17.3 Å². The van der Waals surface area contributed by atoms with Gasteiger partial charge in [0.1, 0.15) is 5.94 Å². The lowest BCUT2D eigenvalue weighted by Crippen LogP contribution is -2.25. The zero-order valence-corrected chi connectivity index (χ0v) is 9.80. The molecule has 0 bridgehead atoms. The van der Waals surface area contributed by atoms with Gasteiger partial charge in [0.25, 0.3) is 5.91 Å². The normalized spacial score (nSPS) is 9.20. The Morgan fingerprint density at radius 3 is 2.53 bits per heavy atom. The number of hydrogen-bond acceptors (Lipinski definition) is 2. The molecule has 1 aromatic rings. The van der Waals surface area contributed by atoms with Crippen LogP contribution in [0.3, 0.4) is 0 Å². The quantitative estimate of drug-likeness (QED) is 0.852. The number of carbonyl (C=O) groups is 1. The third-order valence-corrected chi connectivity index (χ3v) is 2.32. The summed E-state index contributed by atoms with van der Waals surface area (Å²) in [7, 11) is 0. The molecule has 0 heterocycles. The van der Waals surface area contributed by atoms with E-state index in [1.165, 1.54) is 0 Å². The van der Waals surface area contributed by atoms with Crippen molar-refractivity contribution >= 4 is 27.8 Å². The van der Waals surface area contributed by atoms with Gasteiger partial charge in [0.15, 0.2) is 0 Å². The Labute approximate surface area is 96.3 Å². The molecule has 1 aromatic carbocycles. The molecular formula is C11H10BrNO2. The minimum Gasteiger partial charge on any atom is -0.348 e. The van der Waals surface area contributed by atoms with Gasteiger partial charge in [-0.3, -0.25) is 4.79 Å². The molecule has 0 fully saturated rings. The smallest absolute Gasteiger partial charge is 0.251 e. The van der Waals surface area contributed by atoms with Crippen LogP contribution in [0, 0.1) is 0 Å². The summed E-state index contributed by atoms with van der Waals surface area (Å²) in [5.74, 6) is 1.53. The number of halogens is 1. The van der Waals surface area contributed by atoms with E-state index in [4.69, 9.17) is 0 Å². The third kappa shape index (κ3) is 3.70. The predicted octanol–water partition coefficient (Wildman–Crippen LogP) is 1.96. The fraction of sp³-hybridized carbons (Fsp3) is 0.182. The average Bonchev–Trinajstić information content (AvgIpc) is 2.26. The van der Waals surface area contributed by atoms with Crippen molar-refractivity contribution in [2.24, 2.45) is 0 Å². The highest BCUT2D eigenvalue weighted by molar-refractivity contribution is 9.10. The van der Waals surface area contributed by atoms with Crippen molar-refractivity contribution in [1.82, 2.24) is 5.32 Å². The predicted molar refractivity (Wildman–Crippen MR) is 61.4 cm³/mol. The third-order valence-electron chi connectivity index (χ3n) is 1.79. The molecule has 0 aliphatic heterocycles. The lowest BCUT2D eigenvalue weighted by atomic mass is 10.2. The van der Waals surface area contributed by atoms with Gasteiger partial charge in [-0.05, 0) is 31.2 Å². The van der Waals surface area contributed by atoms with Crippen LogP contribution in [0.15, 0.2) is 34.3 Å². The van der Waals surface area contributed by atoms with Crippen molar-refractivity contribution in [3.63, 3.8) is 0 Å². The number of amides is 1. The molecule has 0 saturated carbocycles. The first-order valence-electron chi connectivity index (χ1n) is 4.38. The van der Waals surface area contributed by atoms with Crippen molar-refractivity contribution in [3.8, 4) is 0 Å². The first-order valence-corrected chi connectivity index (χ1v) is 5.17. The Morgan fingerprint density at radius 2 is 2.00 bits per heavy atom. The van der Waals surface area contributed by atoms with E-state index in [1.807, 2.05) is 0 Å². The molecule has 1 N–H and O–H groups in total. The number of benzene rings is 1. The van der Waals surface area contributed by atoms with E-state index in [-0.39, 0.29) is 12.5 Å². The lowest BCUT2D eigenvalue weighted by Gasteiger charge is -2.03. The maximum absolute atomic E-state index is 11.5. The van der Waals surface area contributed by atoms with Crippen molar-refractivity contribution in [2.45, 2.75) is 6.92 Å². The second-order valence-electron chi connectivity index (χ2n) is 3.07. The van der Waals surface area contributed by atoms with Crippen molar-refractivity contribution in [1.29, 1.82) is 0 Å². The summed E-state index contributed by atoms with van der Waals surface area (Å²) >= 11 is 3.28. The van der Waals surface area contributed by atoms with Crippen LogP contribution in [-0.4, -0.2) is 18.4 Å². The van der Waals surface area contributed by atoms with Crippen LogP contribution < -0.4 is 5.32 Å². The fourth-order valence-electron chi connectivity index (χ4n) is 0.952. The van der Waals surface area contributed by atoms with E-state index in [9.17, 15) is 9.59 Å². The van der Waals surface area contributed by atoms with Crippen molar-refractivity contribution in [2.75, 3.05) is 6.54 Å². The summed E-state index contributed by atoms with van der Waals surface area (Å²) in [5, 5.41) is 2.62. The SMILES string of the molecule is CC(=C=O)CNC(=O)c1ccc(Br)cc1. The molecule has 0 aliphatic rings. The van der Waals surface area contributed by atoms with Crippen LogP contribution in [0.2, 0.25) is 0 Å². The van der Waals surface area contributed by atoms with E-state index in [0.29, 0.717) is 11.1 Å². The van der Waals surface area contributed by atoms with Crippen LogP contribution >= 0.6 is 15.9 Å². The van der Waals surface area contributed by atoms with Gasteiger partial charge in [-0.1, -0.05) is 15.9 Å². The Kier molecular flexibility index (Phi) is 4.28. The maximum Gasteiger partial charge on any atom is 0.251 e. The zero-order valence-electron chi connectivity index (χ0n) is 8.21. The first-order chi connectivity index (χ1) is 7.13. The number of nitrogens with one attached hydrogen (secondary N) is 1. The van der Waals surface area contributed by atoms with E-state index >= 15 is 0 Å². The van der Waals surface area contributed by atoms with E-state index in [1.54, 1.807) is 37.1 Å². The van der Waals surface area contributed by atoms with Gasteiger partial charge in [-0.2, -0.15) is 0 Å². The molecule has 0 spiro atoms. The summed E-state index contributed by atoms with van der Waals surface area (Å²) in [6.07, 6.45) is 0. The van der Waals surface area contributed by atoms with Gasteiger partial charge >= 0.3 is 0 Å². The topological polar surface area (TPSA) is 46.2 Å². The standard InChI is InChI=1S/C11H10BrNO2/c1-8(7-14)6-13-11(15)9-2-4-10(12)5-3-9/h2-5H,6H2,1H3,(H,13,15). The largest absolute Gasteiger partial charge is 0.348 e. The molecule has 0 atom stereocenters. The molecule has 0 aromatic heterocycles. The van der Waals surface area contributed by atoms with Crippen molar-refractivity contribution in [3.05, 3.63) is 39.9 Å². The second kappa shape index (κ2) is 5.49. The minimum absolute atomic E-state index is 0.197. The molecule has 78 valence electrons. The van der Waals surface area contributed by atoms with Gasteiger partial charge in [-0.25, -0.2) is 4.79 Å². The average molecular weight is 268 g/mol. The molecule has 15 heavy (non-hydrogen) atoms. The highest BCUT2D eigenvalue weighted by Gasteiger charge is 2.04. The van der Waals surface area contributed by atoms with E-state index in [0.717, 1.165) is 4.47 Å². The molecule has 0 aliphatic carbocycles. The maximum atomic E-state index is 11.5. The second-order valence-corrected chi connectivity index (χ2v) is 3.99. The summed E-state index contributed by atoms with van der Waals surface area (Å²) in [6, 6.07) is 6.99. The molecule has 0 unspecified atom stereocenters. The Bertz CT molecular complexity index is 405. The summed E-state index contributed by atoms with van der Waals surface area (Å²) < 4.78 is 0.919. The Balaban J connectivity index is 2.62. The van der Waals surface area contributed by atoms with E-state index in [2.05, 4.69) is 21.2 Å². The Morgan fingerprint density at radius 1 is 1.40 bits per heavy atom. The zero-order chi connectivity index (χ0) is 11.3. The van der Waals surface area contributed by atoms with Crippen molar-refractivity contribution < 1.29 is 9.59 Å². The molecule has 0 saturated heterocycles. The lowest BCUT2D eigenvalue weighted by molar-refractivity contribution is 0.0957. The number of hydrogen-bond donors (Lipinski definition) is 1. The molecule has 3 nitrogen and oxygen atoms in total. The first kappa shape index (κ1) is 11.7. The van der Waals surface area contributed by atoms with Gasteiger partial charge in [0.2, 0.25) is 0 Å². The van der Waals surface area contributed by atoms with Gasteiger partial charge in [0.05, 0.1) is 0 Å². The van der Waals surface area contributed by atoms with Gasteiger partial charge in [0, 0.05) is 22.2 Å². The fourth-order valence-corrected chi connectivity index (χ4v) is 1.22. The Hall–Kier alpha value is -1.38. The monoisotopic (exact) mass is 267 g/mol. The summed E-state index contributed by atoms with van der Waals surface area (Å²) in [4.78, 5) is 21.7.